The third-order valence-electron chi connectivity index (χ3n) is 1.95. The van der Waals surface area contributed by atoms with Crippen LogP contribution < -0.4 is 10.5 Å². The quantitative estimate of drug-likeness (QED) is 0.680. The molecular weight excluding hydrogens is 279 g/mol. The molecule has 1 aliphatic carbocycles. The second kappa shape index (κ2) is 3.79. The smallest absolute Gasteiger partial charge is 0.142 e. The lowest BCUT2D eigenvalue weighted by Crippen LogP contribution is -2.05. The van der Waals surface area contributed by atoms with Gasteiger partial charge < -0.3 is 10.5 Å². The number of nitrogens with zero attached hydrogens (tertiary/aromatic N) is 1. The van der Waals surface area contributed by atoms with Crippen LogP contribution in [0.25, 0.3) is 0 Å². The van der Waals surface area contributed by atoms with Gasteiger partial charge in [0.15, 0.2) is 0 Å². The number of rotatable bonds is 3. The van der Waals surface area contributed by atoms with Crippen molar-refractivity contribution >= 4 is 22.6 Å². The first kappa shape index (κ1) is 9.21. The monoisotopic (exact) mass is 290 g/mol. The molecular formula is C9H11IN2O. The molecule has 1 heterocycles. The fraction of sp³-hybridized carbons (Fsp3) is 0.444. The summed E-state index contributed by atoms with van der Waals surface area (Å²) in [6.07, 6.45) is 4.50. The van der Waals surface area contributed by atoms with Crippen molar-refractivity contribution in [2.24, 2.45) is 5.73 Å². The molecule has 0 amide bonds. The van der Waals surface area contributed by atoms with Crippen molar-refractivity contribution in [1.82, 2.24) is 4.98 Å². The second-order valence-electron chi connectivity index (χ2n) is 3.14. The predicted octanol–water partition coefficient (Wildman–Crippen LogP) is 1.69. The summed E-state index contributed by atoms with van der Waals surface area (Å²) in [7, 11) is 0. The van der Waals surface area contributed by atoms with Gasteiger partial charge in [-0.2, -0.15) is 0 Å². The molecule has 0 bridgehead atoms. The van der Waals surface area contributed by atoms with Gasteiger partial charge in [-0.05, 0) is 41.5 Å². The minimum absolute atomic E-state index is 0.409. The average molecular weight is 290 g/mol. The summed E-state index contributed by atoms with van der Waals surface area (Å²) in [6.45, 7) is 0.514. The van der Waals surface area contributed by atoms with Crippen molar-refractivity contribution in [2.45, 2.75) is 25.5 Å². The first-order chi connectivity index (χ1) is 6.29. The molecule has 0 aromatic carbocycles. The number of halogens is 1. The van der Waals surface area contributed by atoms with Gasteiger partial charge in [-0.15, -0.1) is 0 Å². The van der Waals surface area contributed by atoms with Crippen molar-refractivity contribution in [1.29, 1.82) is 0 Å². The number of ether oxygens (including phenoxy) is 1. The molecule has 0 aliphatic heterocycles. The number of nitrogens with two attached hydrogens (primary N) is 1. The van der Waals surface area contributed by atoms with Crippen LogP contribution in [0.1, 0.15) is 18.4 Å². The van der Waals surface area contributed by atoms with Gasteiger partial charge in [0.1, 0.15) is 9.45 Å². The highest BCUT2D eigenvalue weighted by Crippen LogP contribution is 2.28. The summed E-state index contributed by atoms with van der Waals surface area (Å²) in [5.74, 6) is 0.852. The zero-order valence-corrected chi connectivity index (χ0v) is 9.32. The van der Waals surface area contributed by atoms with Gasteiger partial charge in [-0.25, -0.2) is 4.98 Å². The van der Waals surface area contributed by atoms with E-state index in [1.54, 1.807) is 6.20 Å². The van der Waals surface area contributed by atoms with Crippen LogP contribution in [0.2, 0.25) is 0 Å². The summed E-state index contributed by atoms with van der Waals surface area (Å²) in [6, 6.07) is 1.97. The van der Waals surface area contributed by atoms with E-state index in [4.69, 9.17) is 10.5 Å². The second-order valence-corrected chi connectivity index (χ2v) is 4.24. The Morgan fingerprint density at radius 2 is 2.38 bits per heavy atom. The Morgan fingerprint density at radius 3 is 3.00 bits per heavy atom. The first-order valence-corrected chi connectivity index (χ1v) is 5.38. The highest BCUT2D eigenvalue weighted by atomic mass is 127. The standard InChI is InChI=1S/C9H11IN2O/c10-9-3-6(4-11)8(5-12-9)13-7-1-2-7/h3,5,7H,1-2,4,11H2. The minimum Gasteiger partial charge on any atom is -0.488 e. The zero-order valence-electron chi connectivity index (χ0n) is 7.16. The van der Waals surface area contributed by atoms with Gasteiger partial charge in [-0.1, -0.05) is 0 Å². The Labute approximate surface area is 90.8 Å². The third-order valence-corrected chi connectivity index (χ3v) is 2.54. The molecule has 1 saturated carbocycles. The minimum atomic E-state index is 0.409. The third kappa shape index (κ3) is 2.31. The lowest BCUT2D eigenvalue weighted by atomic mass is 10.2. The van der Waals surface area contributed by atoms with Crippen LogP contribution in [-0.2, 0) is 6.54 Å². The molecule has 0 saturated heterocycles. The van der Waals surface area contributed by atoms with E-state index in [1.165, 1.54) is 0 Å². The van der Waals surface area contributed by atoms with Gasteiger partial charge >= 0.3 is 0 Å². The fourth-order valence-corrected chi connectivity index (χ4v) is 1.60. The number of aromatic nitrogens is 1. The molecule has 1 fully saturated rings. The molecule has 0 spiro atoms. The van der Waals surface area contributed by atoms with E-state index in [2.05, 4.69) is 27.6 Å². The molecule has 0 radical (unpaired) electrons. The van der Waals surface area contributed by atoms with Crippen LogP contribution in [0.5, 0.6) is 5.75 Å². The summed E-state index contributed by atoms with van der Waals surface area (Å²) >= 11 is 2.17. The molecule has 1 aromatic rings. The topological polar surface area (TPSA) is 48.1 Å². The van der Waals surface area contributed by atoms with Crippen LogP contribution in [0.4, 0.5) is 0 Å². The fourth-order valence-electron chi connectivity index (χ4n) is 1.09. The van der Waals surface area contributed by atoms with Gasteiger partial charge in [0.05, 0.1) is 12.3 Å². The Bertz CT molecular complexity index is 312. The highest BCUT2D eigenvalue weighted by molar-refractivity contribution is 14.1. The van der Waals surface area contributed by atoms with E-state index >= 15 is 0 Å². The first-order valence-electron chi connectivity index (χ1n) is 4.30. The van der Waals surface area contributed by atoms with Crippen molar-refractivity contribution in [3.63, 3.8) is 0 Å². The predicted molar refractivity (Wildman–Crippen MR) is 58.5 cm³/mol. The van der Waals surface area contributed by atoms with Crippen molar-refractivity contribution < 1.29 is 4.74 Å². The van der Waals surface area contributed by atoms with E-state index in [0.29, 0.717) is 12.6 Å². The van der Waals surface area contributed by atoms with Crippen LogP contribution >= 0.6 is 22.6 Å². The van der Waals surface area contributed by atoms with Crippen LogP contribution in [0, 0.1) is 3.70 Å². The number of hydrogen-bond donors (Lipinski definition) is 1. The molecule has 2 N–H and O–H groups in total. The Morgan fingerprint density at radius 1 is 1.62 bits per heavy atom. The molecule has 70 valence electrons. The van der Waals surface area contributed by atoms with Crippen LogP contribution in [0.3, 0.4) is 0 Å². The highest BCUT2D eigenvalue weighted by Gasteiger charge is 2.24. The molecule has 3 nitrogen and oxygen atoms in total. The van der Waals surface area contributed by atoms with E-state index in [0.717, 1.165) is 27.9 Å². The Hall–Kier alpha value is -0.360. The summed E-state index contributed by atoms with van der Waals surface area (Å²) in [5, 5.41) is 0. The lowest BCUT2D eigenvalue weighted by molar-refractivity contribution is 0.298. The maximum Gasteiger partial charge on any atom is 0.142 e. The zero-order chi connectivity index (χ0) is 9.26. The summed E-state index contributed by atoms with van der Waals surface area (Å²) < 4.78 is 6.62. The molecule has 1 aliphatic rings. The van der Waals surface area contributed by atoms with E-state index in [1.807, 2.05) is 6.07 Å². The Kier molecular flexibility index (Phi) is 2.69. The molecule has 13 heavy (non-hydrogen) atoms. The lowest BCUT2D eigenvalue weighted by Gasteiger charge is -2.08. The SMILES string of the molecule is NCc1cc(I)ncc1OC1CC1. The number of hydrogen-bond acceptors (Lipinski definition) is 3. The number of pyridine rings is 1. The van der Waals surface area contributed by atoms with Crippen molar-refractivity contribution in [2.75, 3.05) is 0 Å². The molecule has 0 unspecified atom stereocenters. The van der Waals surface area contributed by atoms with E-state index in [9.17, 15) is 0 Å². The van der Waals surface area contributed by atoms with Gasteiger partial charge in [0.2, 0.25) is 0 Å². The molecule has 4 heteroatoms. The Balaban J connectivity index is 2.21. The van der Waals surface area contributed by atoms with Crippen LogP contribution in [0.15, 0.2) is 12.3 Å². The average Bonchev–Trinajstić information content (AvgIpc) is 2.92. The van der Waals surface area contributed by atoms with Crippen molar-refractivity contribution in [3.8, 4) is 5.75 Å². The van der Waals surface area contributed by atoms with Gasteiger partial charge in [0.25, 0.3) is 0 Å². The summed E-state index contributed by atoms with van der Waals surface area (Å²) in [4.78, 5) is 4.17. The van der Waals surface area contributed by atoms with E-state index in [-0.39, 0.29) is 0 Å². The van der Waals surface area contributed by atoms with Gasteiger partial charge in [-0.3, -0.25) is 0 Å². The molecule has 0 atom stereocenters. The summed E-state index contributed by atoms with van der Waals surface area (Å²) in [5.41, 5.74) is 6.65. The van der Waals surface area contributed by atoms with Crippen LogP contribution in [-0.4, -0.2) is 11.1 Å². The molecule has 2 rings (SSSR count). The largest absolute Gasteiger partial charge is 0.488 e. The maximum absolute atomic E-state index is 5.66. The van der Waals surface area contributed by atoms with Gasteiger partial charge in [0, 0.05) is 12.1 Å². The van der Waals surface area contributed by atoms with E-state index < -0.39 is 0 Å². The molecule has 1 aromatic heterocycles. The maximum atomic E-state index is 5.66. The van der Waals surface area contributed by atoms with Crippen molar-refractivity contribution in [3.05, 3.63) is 21.5 Å². The normalized spacial score (nSPS) is 15.8.